The van der Waals surface area contributed by atoms with E-state index in [1.54, 1.807) is 12.1 Å². The molecular formula is C20H15N4O6-. The molecule has 1 N–H and O–H groups in total. The molecule has 30 heavy (non-hydrogen) atoms. The highest BCUT2D eigenvalue weighted by Crippen LogP contribution is 2.42. The zero-order valence-corrected chi connectivity index (χ0v) is 16.0. The number of rotatable bonds is 5. The van der Waals surface area contributed by atoms with E-state index in [1.165, 1.54) is 32.0 Å². The van der Waals surface area contributed by atoms with Crippen molar-refractivity contribution in [1.82, 2.24) is 0 Å². The van der Waals surface area contributed by atoms with Crippen LogP contribution in [0.4, 0.5) is 0 Å². The predicted molar refractivity (Wildman–Crippen MR) is 95.1 cm³/mol. The second-order valence-electron chi connectivity index (χ2n) is 6.94. The minimum Gasteiger partial charge on any atom is -0.575 e. The molecule has 2 atom stereocenters. The van der Waals surface area contributed by atoms with Gasteiger partial charge in [0.05, 0.1) is 41.4 Å². The fourth-order valence-corrected chi connectivity index (χ4v) is 3.22. The number of hydrogen-bond acceptors (Lipinski definition) is 10. The van der Waals surface area contributed by atoms with Crippen LogP contribution in [-0.2, 0) is 14.3 Å². The summed E-state index contributed by atoms with van der Waals surface area (Å²) in [5.41, 5.74) is -0.809. The Morgan fingerprint density at radius 1 is 1.13 bits per heavy atom. The third-order valence-corrected chi connectivity index (χ3v) is 4.56. The Kier molecular flexibility index (Phi) is 5.23. The van der Waals surface area contributed by atoms with Gasteiger partial charge in [-0.2, -0.15) is 15.8 Å². The Hall–Kier alpha value is -4.23. The minimum absolute atomic E-state index is 0.0270. The van der Waals surface area contributed by atoms with Crippen LogP contribution in [0.15, 0.2) is 29.7 Å². The summed E-state index contributed by atoms with van der Waals surface area (Å²) < 4.78 is 20.9. The third kappa shape index (κ3) is 3.57. The van der Waals surface area contributed by atoms with Gasteiger partial charge in [0.25, 0.3) is 0 Å². The van der Waals surface area contributed by atoms with Crippen molar-refractivity contribution in [3.63, 3.8) is 0 Å². The largest absolute Gasteiger partial charge is 0.575 e. The van der Waals surface area contributed by atoms with Crippen molar-refractivity contribution < 1.29 is 28.8 Å². The number of cyclic esters (lactones) is 1. The molecule has 0 spiro atoms. The standard InChI is InChI=1S/C20H16N4O6/c1-20(2)29-18(25)16(19(26)30-20)15(12(8-23)17(24)11(6-21)7-22)10-3-4-13-14(5-10)28-9-27-13/h3-5,11-12,15,24-25H,9H2,1-2H3/p-1/t12-,15-/m0/s1. The van der Waals surface area contributed by atoms with Crippen molar-refractivity contribution in [2.75, 3.05) is 6.79 Å². The predicted octanol–water partition coefficient (Wildman–Crippen LogP) is 1.20. The van der Waals surface area contributed by atoms with Crippen LogP contribution < -0.4 is 14.6 Å². The number of nitrogens with zero attached hydrogens (tertiary/aromatic N) is 3. The maximum Gasteiger partial charge on any atom is 0.337 e. The lowest BCUT2D eigenvalue weighted by molar-refractivity contribution is -0.394. The van der Waals surface area contributed by atoms with Crippen LogP contribution in [0, 0.1) is 51.2 Å². The number of nitrogens with one attached hydrogen (secondary N) is 1. The molecule has 1 aromatic carbocycles. The normalized spacial score (nSPS) is 18.3. The Morgan fingerprint density at radius 2 is 1.80 bits per heavy atom. The first kappa shape index (κ1) is 20.5. The van der Waals surface area contributed by atoms with Crippen LogP contribution in [0.2, 0.25) is 0 Å². The van der Waals surface area contributed by atoms with Gasteiger partial charge < -0.3 is 29.5 Å². The van der Waals surface area contributed by atoms with Crippen LogP contribution in [0.25, 0.3) is 0 Å². The number of fused-ring (bicyclic) bond motifs is 1. The monoisotopic (exact) mass is 407 g/mol. The van der Waals surface area contributed by atoms with Crippen LogP contribution >= 0.6 is 0 Å². The van der Waals surface area contributed by atoms with E-state index >= 15 is 0 Å². The quantitative estimate of drug-likeness (QED) is 0.556. The average molecular weight is 407 g/mol. The Morgan fingerprint density at radius 3 is 2.40 bits per heavy atom. The SMILES string of the molecule is CC1(C)OC(=O)C([C@@H](c2ccc3c(c2)OCO3)[C@H](C#N)C(=N)C(C#N)C#N)=C([O-])O1. The number of carbonyl (C=O) groups is 1. The first-order valence-corrected chi connectivity index (χ1v) is 8.72. The molecule has 0 unspecified atom stereocenters. The van der Waals surface area contributed by atoms with Gasteiger partial charge in [-0.1, -0.05) is 6.07 Å². The molecule has 10 heteroatoms. The fourth-order valence-electron chi connectivity index (χ4n) is 3.22. The van der Waals surface area contributed by atoms with Crippen molar-refractivity contribution in [3.05, 3.63) is 35.3 Å². The number of nitriles is 3. The number of ether oxygens (including phenoxy) is 4. The Labute approximate surface area is 171 Å². The summed E-state index contributed by atoms with van der Waals surface area (Å²) in [6.07, 6.45) is 0. The van der Waals surface area contributed by atoms with E-state index in [0.29, 0.717) is 11.5 Å². The molecule has 0 aliphatic carbocycles. The number of benzene rings is 1. The third-order valence-electron chi connectivity index (χ3n) is 4.56. The Bertz CT molecular complexity index is 1060. The molecule has 0 amide bonds. The van der Waals surface area contributed by atoms with E-state index in [-0.39, 0.29) is 12.4 Å². The molecule has 1 aromatic rings. The second kappa shape index (κ2) is 7.65. The summed E-state index contributed by atoms with van der Waals surface area (Å²) in [5.74, 6) is -7.17. The molecule has 0 radical (unpaired) electrons. The van der Waals surface area contributed by atoms with E-state index in [9.17, 15) is 15.2 Å². The molecule has 0 fully saturated rings. The summed E-state index contributed by atoms with van der Waals surface area (Å²) in [6.45, 7) is 2.72. The van der Waals surface area contributed by atoms with Gasteiger partial charge in [0.1, 0.15) is 0 Å². The highest BCUT2D eigenvalue weighted by atomic mass is 16.8. The molecule has 10 nitrogen and oxygen atoms in total. The topological polar surface area (TPSA) is 172 Å². The van der Waals surface area contributed by atoms with Crippen LogP contribution in [-0.4, -0.2) is 24.3 Å². The van der Waals surface area contributed by atoms with Crippen molar-refractivity contribution in [2.45, 2.75) is 25.6 Å². The molecule has 2 aliphatic rings. The summed E-state index contributed by atoms with van der Waals surface area (Å²) in [5, 5.41) is 49.0. The van der Waals surface area contributed by atoms with Gasteiger partial charge in [-0.25, -0.2) is 4.79 Å². The fraction of sp³-hybridized carbons (Fsp3) is 0.350. The van der Waals surface area contributed by atoms with E-state index < -0.39 is 46.7 Å². The van der Waals surface area contributed by atoms with Crippen LogP contribution in [0.5, 0.6) is 11.5 Å². The van der Waals surface area contributed by atoms with Crippen molar-refractivity contribution in [3.8, 4) is 29.7 Å². The zero-order chi connectivity index (χ0) is 22.1. The van der Waals surface area contributed by atoms with Gasteiger partial charge in [-0.05, 0) is 31.5 Å². The van der Waals surface area contributed by atoms with E-state index in [2.05, 4.69) is 0 Å². The number of hydrogen-bond donors (Lipinski definition) is 1. The molecule has 2 aliphatic heterocycles. The van der Waals surface area contributed by atoms with Crippen molar-refractivity contribution in [2.24, 2.45) is 11.8 Å². The summed E-state index contributed by atoms with van der Waals surface area (Å²) in [6, 6.07) is 9.59. The molecule has 2 heterocycles. The van der Waals surface area contributed by atoms with Crippen LogP contribution in [0.3, 0.4) is 0 Å². The first-order valence-electron chi connectivity index (χ1n) is 8.72. The highest BCUT2D eigenvalue weighted by Gasteiger charge is 2.41. The smallest absolute Gasteiger partial charge is 0.337 e. The average Bonchev–Trinajstić information content (AvgIpc) is 3.14. The van der Waals surface area contributed by atoms with Gasteiger partial charge in [-0.15, -0.1) is 0 Å². The first-order chi connectivity index (χ1) is 14.2. The maximum absolute atomic E-state index is 12.7. The number of carbonyl (C=O) groups excluding carboxylic acids is 1. The molecule has 0 bridgehead atoms. The minimum atomic E-state index is -1.54. The Balaban J connectivity index is 2.18. The van der Waals surface area contributed by atoms with Gasteiger partial charge in [-0.3, -0.25) is 0 Å². The lowest BCUT2D eigenvalue weighted by Crippen LogP contribution is -2.43. The molecule has 3 rings (SSSR count). The van der Waals surface area contributed by atoms with Gasteiger partial charge in [0.2, 0.25) is 6.79 Å². The molecule has 0 saturated heterocycles. The summed E-state index contributed by atoms with van der Waals surface area (Å²) in [4.78, 5) is 12.7. The molecular weight excluding hydrogens is 392 g/mol. The van der Waals surface area contributed by atoms with Gasteiger partial charge in [0.15, 0.2) is 23.2 Å². The van der Waals surface area contributed by atoms with E-state index in [0.717, 1.165) is 0 Å². The van der Waals surface area contributed by atoms with Crippen molar-refractivity contribution in [1.29, 1.82) is 21.2 Å². The maximum atomic E-state index is 12.7. The molecule has 0 aromatic heterocycles. The summed E-state index contributed by atoms with van der Waals surface area (Å²) in [7, 11) is 0. The second-order valence-corrected chi connectivity index (χ2v) is 6.94. The lowest BCUT2D eigenvalue weighted by atomic mass is 9.76. The lowest BCUT2D eigenvalue weighted by Gasteiger charge is -2.41. The summed E-state index contributed by atoms with van der Waals surface area (Å²) >= 11 is 0. The molecule has 152 valence electrons. The zero-order valence-electron chi connectivity index (χ0n) is 16.0. The van der Waals surface area contributed by atoms with E-state index in [4.69, 9.17) is 34.9 Å². The van der Waals surface area contributed by atoms with Crippen molar-refractivity contribution >= 4 is 11.7 Å². The molecule has 0 saturated carbocycles. The van der Waals surface area contributed by atoms with Gasteiger partial charge >= 0.3 is 5.97 Å². The highest BCUT2D eigenvalue weighted by molar-refractivity contribution is 5.97. The van der Waals surface area contributed by atoms with E-state index in [1.807, 2.05) is 6.07 Å². The van der Waals surface area contributed by atoms with Crippen LogP contribution in [0.1, 0.15) is 25.3 Å². The number of esters is 1. The van der Waals surface area contributed by atoms with Gasteiger partial charge in [0, 0.05) is 5.92 Å².